The third-order valence-electron chi connectivity index (χ3n) is 5.47. The first-order valence-electron chi connectivity index (χ1n) is 9.51. The number of hydrogen-bond acceptors (Lipinski definition) is 4. The summed E-state index contributed by atoms with van der Waals surface area (Å²) >= 11 is 0. The van der Waals surface area contributed by atoms with Gasteiger partial charge in [0, 0.05) is 17.5 Å². The van der Waals surface area contributed by atoms with Crippen LogP contribution in [0.5, 0.6) is 0 Å². The summed E-state index contributed by atoms with van der Waals surface area (Å²) < 4.78 is 26.9. The number of halogens is 1. The van der Waals surface area contributed by atoms with Gasteiger partial charge in [0.05, 0.1) is 11.8 Å². The number of fused-ring (bicyclic) bond motifs is 5. The van der Waals surface area contributed by atoms with E-state index in [0.717, 1.165) is 22.2 Å². The smallest absolute Gasteiger partial charge is 0.382 e. The van der Waals surface area contributed by atoms with E-state index in [1.54, 1.807) is 0 Å². The second kappa shape index (κ2) is 5.86. The van der Waals surface area contributed by atoms with Gasteiger partial charge in [0.2, 0.25) is 5.69 Å². The van der Waals surface area contributed by atoms with Gasteiger partial charge in [0.25, 0.3) is 0 Å². The van der Waals surface area contributed by atoms with E-state index in [2.05, 4.69) is 66.6 Å². The highest BCUT2D eigenvalue weighted by atomic mass is 19.1. The summed E-state index contributed by atoms with van der Waals surface area (Å²) in [5.74, 6) is 0. The Kier molecular flexibility index (Phi) is 3.60. The van der Waals surface area contributed by atoms with Crippen LogP contribution in [0, 0.1) is 13.1 Å². The van der Waals surface area contributed by atoms with Gasteiger partial charge >= 0.3 is 6.14 Å². The molecule has 0 saturated carbocycles. The summed E-state index contributed by atoms with van der Waals surface area (Å²) in [5, 5.41) is 0.868. The molecule has 0 unspecified atom stereocenters. The van der Waals surface area contributed by atoms with Gasteiger partial charge in [-0.05, 0) is 29.5 Å². The van der Waals surface area contributed by atoms with Crippen LogP contribution in [0.1, 0.15) is 31.9 Å². The largest absolute Gasteiger partial charge is 0.451 e. The van der Waals surface area contributed by atoms with Gasteiger partial charge < -0.3 is 8.83 Å². The van der Waals surface area contributed by atoms with Crippen LogP contribution in [0.15, 0.2) is 45.5 Å². The fourth-order valence-corrected chi connectivity index (χ4v) is 3.82. The van der Waals surface area contributed by atoms with E-state index in [1.165, 1.54) is 11.8 Å². The molecule has 5 nitrogen and oxygen atoms in total. The minimum Gasteiger partial charge on any atom is -0.451 e. The van der Waals surface area contributed by atoms with Gasteiger partial charge in [-0.15, -0.1) is 4.39 Å². The Morgan fingerprint density at radius 3 is 2.59 bits per heavy atom. The zero-order valence-electron chi connectivity index (χ0n) is 17.0. The predicted molar refractivity (Wildman–Crippen MR) is 109 cm³/mol. The topological polar surface area (TPSA) is 55.9 Å². The lowest BCUT2D eigenvalue weighted by Gasteiger charge is -2.19. The van der Waals surface area contributed by atoms with Gasteiger partial charge in [-0.2, -0.15) is 4.98 Å². The molecule has 0 bridgehead atoms. The van der Waals surface area contributed by atoms with Crippen molar-refractivity contribution in [3.63, 3.8) is 0 Å². The second-order valence-corrected chi connectivity index (χ2v) is 8.51. The number of benzene rings is 1. The van der Waals surface area contributed by atoms with Crippen LogP contribution in [0.25, 0.3) is 44.4 Å². The molecule has 0 amide bonds. The maximum absolute atomic E-state index is 13.6. The fraction of sp³-hybridized carbons (Fsp3) is 0.261. The highest BCUT2D eigenvalue weighted by Crippen LogP contribution is 2.39. The number of oxazole rings is 1. The van der Waals surface area contributed by atoms with E-state index >= 15 is 0 Å². The van der Waals surface area contributed by atoms with Crippen LogP contribution in [-0.4, -0.2) is 9.97 Å². The molecule has 146 valence electrons. The predicted octanol–water partition coefficient (Wildman–Crippen LogP) is 5.36. The van der Waals surface area contributed by atoms with Crippen molar-refractivity contribution in [2.75, 3.05) is 0 Å². The Bertz CT molecular complexity index is 1420. The van der Waals surface area contributed by atoms with E-state index in [4.69, 9.17) is 8.83 Å². The molecule has 0 spiro atoms. The monoisotopic (exact) mass is 390 g/mol. The van der Waals surface area contributed by atoms with Crippen molar-refractivity contribution >= 4 is 33.2 Å². The number of nitrogens with zero attached hydrogens (tertiary/aromatic N) is 3. The first kappa shape index (κ1) is 17.8. The molecule has 6 heteroatoms. The van der Waals surface area contributed by atoms with E-state index in [0.29, 0.717) is 22.2 Å². The molecule has 0 aliphatic rings. The molecule has 0 radical (unpaired) electrons. The van der Waals surface area contributed by atoms with E-state index in [1.807, 2.05) is 13.1 Å². The summed E-state index contributed by atoms with van der Waals surface area (Å²) in [5.41, 5.74) is 6.79. The molecule has 1 aromatic carbocycles. The Morgan fingerprint density at radius 1 is 1.03 bits per heavy atom. The zero-order chi connectivity index (χ0) is 20.5. The Morgan fingerprint density at radius 2 is 1.83 bits per heavy atom. The van der Waals surface area contributed by atoms with Crippen molar-refractivity contribution in [1.82, 2.24) is 9.97 Å². The number of pyridine rings is 2. The second-order valence-electron chi connectivity index (χ2n) is 8.51. The minimum absolute atomic E-state index is 0.0185. The Balaban J connectivity index is 1.89. The maximum Gasteiger partial charge on any atom is 0.382 e. The zero-order valence-corrected chi connectivity index (χ0v) is 17.0. The summed E-state index contributed by atoms with van der Waals surface area (Å²) in [6.45, 7) is 8.64. The third-order valence-corrected chi connectivity index (χ3v) is 5.47. The molecule has 4 aromatic heterocycles. The van der Waals surface area contributed by atoms with Crippen LogP contribution in [0.4, 0.5) is 4.39 Å². The molecule has 0 aliphatic heterocycles. The van der Waals surface area contributed by atoms with Gasteiger partial charge in [-0.3, -0.25) is 0 Å². The van der Waals surface area contributed by atoms with Crippen molar-refractivity contribution in [1.29, 1.82) is 0 Å². The van der Waals surface area contributed by atoms with Crippen molar-refractivity contribution in [3.05, 3.63) is 53.9 Å². The van der Waals surface area contributed by atoms with Crippen LogP contribution >= 0.6 is 0 Å². The van der Waals surface area contributed by atoms with Crippen LogP contribution < -0.4 is 4.57 Å². The molecular formula is C23H21FN3O2+. The number of furan rings is 1. The molecule has 4 heterocycles. The SMILES string of the molecule is Cc1ccc2c(oc3c4nc(F)oc4cnc23)c1-c1cc(C(C)(C)C)cc[n+]1C. The summed E-state index contributed by atoms with van der Waals surface area (Å²) in [6.07, 6.45) is 2.67. The third kappa shape index (κ3) is 2.63. The van der Waals surface area contributed by atoms with Gasteiger partial charge in [-0.25, -0.2) is 9.55 Å². The standard InChI is InChI=1S/C23H21FN3O2/c1-12-6-7-14-18-21(19-16(11-25-18)28-22(24)26-19)29-20(14)17(12)15-10-13(23(2,3)4)8-9-27(15)5/h6-11H,1-5H3/q+1. The van der Waals surface area contributed by atoms with Crippen molar-refractivity contribution < 1.29 is 17.8 Å². The Labute approximate surface area is 166 Å². The molecule has 29 heavy (non-hydrogen) atoms. The average molecular weight is 390 g/mol. The highest BCUT2D eigenvalue weighted by Gasteiger charge is 2.25. The van der Waals surface area contributed by atoms with Crippen LogP contribution in [0.3, 0.4) is 0 Å². The first-order valence-corrected chi connectivity index (χ1v) is 9.51. The molecule has 0 saturated heterocycles. The van der Waals surface area contributed by atoms with Gasteiger partial charge in [-0.1, -0.05) is 26.8 Å². The van der Waals surface area contributed by atoms with Crippen LogP contribution in [0.2, 0.25) is 0 Å². The van der Waals surface area contributed by atoms with Gasteiger partial charge in [0.15, 0.2) is 28.5 Å². The van der Waals surface area contributed by atoms with E-state index in [9.17, 15) is 4.39 Å². The molecule has 5 aromatic rings. The number of hydrogen-bond donors (Lipinski definition) is 0. The fourth-order valence-electron chi connectivity index (χ4n) is 3.82. The quantitative estimate of drug-likeness (QED) is 0.362. The van der Waals surface area contributed by atoms with Crippen molar-refractivity contribution in [3.8, 4) is 11.3 Å². The summed E-state index contributed by atoms with van der Waals surface area (Å²) in [7, 11) is 2.02. The number of aromatic nitrogens is 3. The molecule has 0 atom stereocenters. The van der Waals surface area contributed by atoms with Gasteiger partial charge in [0.1, 0.15) is 12.6 Å². The normalized spacial score (nSPS) is 12.5. The first-order chi connectivity index (χ1) is 13.7. The molecule has 0 aliphatic carbocycles. The van der Waals surface area contributed by atoms with Crippen LogP contribution in [-0.2, 0) is 12.5 Å². The average Bonchev–Trinajstić information content (AvgIpc) is 3.21. The number of rotatable bonds is 1. The molecule has 5 rings (SSSR count). The maximum atomic E-state index is 13.6. The molecule has 0 N–H and O–H groups in total. The van der Waals surface area contributed by atoms with E-state index < -0.39 is 6.14 Å². The molecule has 0 fully saturated rings. The van der Waals surface area contributed by atoms with E-state index in [-0.39, 0.29) is 11.0 Å². The number of aryl methyl sites for hydroxylation is 2. The lowest BCUT2D eigenvalue weighted by atomic mass is 9.86. The molecular weight excluding hydrogens is 369 g/mol. The lowest BCUT2D eigenvalue weighted by molar-refractivity contribution is -0.660. The highest BCUT2D eigenvalue weighted by molar-refractivity contribution is 6.13. The summed E-state index contributed by atoms with van der Waals surface area (Å²) in [6, 6.07) is 8.39. The minimum atomic E-state index is -0.893. The van der Waals surface area contributed by atoms with Crippen molar-refractivity contribution in [2.24, 2.45) is 7.05 Å². The lowest BCUT2D eigenvalue weighted by Crippen LogP contribution is -2.32. The summed E-state index contributed by atoms with van der Waals surface area (Å²) in [4.78, 5) is 8.31. The Hall–Kier alpha value is -3.28. The van der Waals surface area contributed by atoms with Crippen molar-refractivity contribution in [2.45, 2.75) is 33.1 Å².